The molecule has 0 aliphatic carbocycles. The molecule has 0 aliphatic heterocycles. The van der Waals surface area contributed by atoms with Crippen LogP contribution in [0, 0.1) is 0 Å². The summed E-state index contributed by atoms with van der Waals surface area (Å²) in [6.07, 6.45) is -1.48. The summed E-state index contributed by atoms with van der Waals surface area (Å²) in [5.74, 6) is 0. The quantitative estimate of drug-likeness (QED) is 0.860. The van der Waals surface area contributed by atoms with Crippen LogP contribution in [0.3, 0.4) is 0 Å². The summed E-state index contributed by atoms with van der Waals surface area (Å²) in [5.41, 5.74) is 5.70. The fourth-order valence-electron chi connectivity index (χ4n) is 1.56. The fraction of sp³-hybridized carbons (Fsp3) is 0.500. The minimum Gasteiger partial charge on any atom is -0.444 e. The molecule has 1 amide bonds. The van der Waals surface area contributed by atoms with Crippen molar-refractivity contribution in [1.29, 1.82) is 0 Å². The first-order chi connectivity index (χ1) is 9.23. The number of hydrogen-bond acceptors (Lipinski definition) is 3. The predicted octanol–water partition coefficient (Wildman–Crippen LogP) is 4.16. The average molecular weight is 347 g/mol. The van der Waals surface area contributed by atoms with E-state index in [4.69, 9.17) is 10.5 Å². The van der Waals surface area contributed by atoms with Gasteiger partial charge in [0.1, 0.15) is 11.8 Å². The van der Waals surface area contributed by atoms with Gasteiger partial charge in [-0.1, -0.05) is 6.07 Å². The van der Waals surface area contributed by atoms with Crippen LogP contribution in [0.5, 0.6) is 0 Å². The fourth-order valence-corrected chi connectivity index (χ4v) is 1.91. The Morgan fingerprint density at radius 3 is 2.70 bits per heavy atom. The van der Waals surface area contributed by atoms with Crippen molar-refractivity contribution >= 4 is 27.7 Å². The third-order valence-electron chi connectivity index (χ3n) is 2.41. The number of amides is 1. The van der Waals surface area contributed by atoms with Crippen molar-refractivity contribution in [1.82, 2.24) is 0 Å². The number of nitrogens with one attached hydrogen (secondary N) is 1. The maximum atomic E-state index is 13.8. The van der Waals surface area contributed by atoms with Crippen molar-refractivity contribution in [3.63, 3.8) is 0 Å². The summed E-state index contributed by atoms with van der Waals surface area (Å²) in [6.45, 7) is 5.59. The van der Waals surface area contributed by atoms with Crippen LogP contribution in [0.15, 0.2) is 22.7 Å². The molecule has 1 aromatic rings. The van der Waals surface area contributed by atoms with Gasteiger partial charge in [0.15, 0.2) is 0 Å². The number of rotatable bonds is 4. The van der Waals surface area contributed by atoms with Gasteiger partial charge in [0.2, 0.25) is 0 Å². The van der Waals surface area contributed by atoms with E-state index < -0.39 is 17.9 Å². The zero-order valence-corrected chi connectivity index (χ0v) is 13.5. The number of benzene rings is 1. The van der Waals surface area contributed by atoms with Gasteiger partial charge in [0, 0.05) is 4.47 Å². The van der Waals surface area contributed by atoms with Crippen LogP contribution in [0.1, 0.15) is 38.9 Å². The Labute approximate surface area is 127 Å². The summed E-state index contributed by atoms with van der Waals surface area (Å²) >= 11 is 3.31. The molecule has 112 valence electrons. The highest BCUT2D eigenvalue weighted by Crippen LogP contribution is 2.29. The molecule has 0 fully saturated rings. The molecule has 4 nitrogen and oxygen atoms in total. The van der Waals surface area contributed by atoms with Crippen LogP contribution in [0.2, 0.25) is 0 Å². The first-order valence-corrected chi connectivity index (χ1v) is 7.16. The van der Waals surface area contributed by atoms with E-state index in [-0.39, 0.29) is 13.0 Å². The second-order valence-corrected chi connectivity index (χ2v) is 6.27. The molecular formula is C14H20BrFN2O2. The van der Waals surface area contributed by atoms with Gasteiger partial charge in [0.25, 0.3) is 0 Å². The first-order valence-electron chi connectivity index (χ1n) is 6.36. The predicted molar refractivity (Wildman–Crippen MR) is 81.5 cm³/mol. The Bertz CT molecular complexity index is 475. The van der Waals surface area contributed by atoms with Gasteiger partial charge in [0.05, 0.1) is 5.69 Å². The lowest BCUT2D eigenvalue weighted by Crippen LogP contribution is -2.27. The van der Waals surface area contributed by atoms with E-state index in [2.05, 4.69) is 21.2 Å². The molecule has 0 aliphatic rings. The largest absolute Gasteiger partial charge is 0.444 e. The first kappa shape index (κ1) is 16.9. The molecule has 0 saturated heterocycles. The van der Waals surface area contributed by atoms with Crippen LogP contribution >= 0.6 is 15.9 Å². The van der Waals surface area contributed by atoms with Crippen LogP contribution in [0.4, 0.5) is 14.9 Å². The highest BCUT2D eigenvalue weighted by Gasteiger charge is 2.18. The Morgan fingerprint density at radius 2 is 2.15 bits per heavy atom. The van der Waals surface area contributed by atoms with Gasteiger partial charge < -0.3 is 10.5 Å². The highest BCUT2D eigenvalue weighted by atomic mass is 79.9. The number of carbonyl (C=O) groups excluding carboxylic acids is 1. The van der Waals surface area contributed by atoms with Gasteiger partial charge in [-0.3, -0.25) is 5.32 Å². The number of halogens is 2. The molecule has 1 aromatic carbocycles. The zero-order chi connectivity index (χ0) is 15.3. The lowest BCUT2D eigenvalue weighted by molar-refractivity contribution is 0.0636. The van der Waals surface area contributed by atoms with E-state index in [1.165, 1.54) is 0 Å². The van der Waals surface area contributed by atoms with E-state index in [0.717, 1.165) is 0 Å². The summed E-state index contributed by atoms with van der Waals surface area (Å²) in [5, 5.41) is 2.60. The van der Waals surface area contributed by atoms with Crippen molar-refractivity contribution in [2.24, 2.45) is 5.73 Å². The lowest BCUT2D eigenvalue weighted by Gasteiger charge is -2.20. The molecule has 0 aromatic heterocycles. The van der Waals surface area contributed by atoms with E-state index >= 15 is 0 Å². The summed E-state index contributed by atoms with van der Waals surface area (Å²) in [7, 11) is 0. The van der Waals surface area contributed by atoms with Crippen LogP contribution in [-0.2, 0) is 4.74 Å². The standard InChI is InChI=1S/C14H20BrFN2O2/c1-14(2,3)20-13(19)18-12-8-9(4-5-10(12)15)11(16)6-7-17/h4-5,8,11H,6-7,17H2,1-3H3,(H,18,19). The molecular weight excluding hydrogens is 327 g/mol. The molecule has 3 N–H and O–H groups in total. The van der Waals surface area contributed by atoms with Crippen molar-refractivity contribution in [3.8, 4) is 0 Å². The number of hydrogen-bond donors (Lipinski definition) is 2. The van der Waals surface area contributed by atoms with Gasteiger partial charge in [-0.2, -0.15) is 0 Å². The number of alkyl halides is 1. The topological polar surface area (TPSA) is 64.3 Å². The minimum atomic E-state index is -1.15. The molecule has 1 rings (SSSR count). The Kier molecular flexibility index (Phi) is 5.95. The number of ether oxygens (including phenoxy) is 1. The second-order valence-electron chi connectivity index (χ2n) is 5.41. The smallest absolute Gasteiger partial charge is 0.412 e. The van der Waals surface area contributed by atoms with E-state index in [1.807, 2.05) is 0 Å². The molecule has 0 radical (unpaired) electrons. The van der Waals surface area contributed by atoms with E-state index in [9.17, 15) is 9.18 Å². The number of anilines is 1. The molecule has 0 heterocycles. The van der Waals surface area contributed by atoms with Gasteiger partial charge in [-0.15, -0.1) is 0 Å². The van der Waals surface area contributed by atoms with Crippen LogP contribution in [0.25, 0.3) is 0 Å². The number of carbonyl (C=O) groups is 1. The normalized spacial score (nSPS) is 12.9. The van der Waals surface area contributed by atoms with Gasteiger partial charge in [-0.05, 0) is 67.4 Å². The molecule has 20 heavy (non-hydrogen) atoms. The summed E-state index contributed by atoms with van der Waals surface area (Å²) < 4.78 is 19.6. The van der Waals surface area contributed by atoms with Crippen LogP contribution in [-0.4, -0.2) is 18.2 Å². The van der Waals surface area contributed by atoms with Crippen molar-refractivity contribution in [2.75, 3.05) is 11.9 Å². The van der Waals surface area contributed by atoms with Crippen molar-refractivity contribution in [3.05, 3.63) is 28.2 Å². The molecule has 1 atom stereocenters. The molecule has 0 saturated carbocycles. The molecule has 1 unspecified atom stereocenters. The third kappa shape index (κ3) is 5.46. The second kappa shape index (κ2) is 7.04. The maximum absolute atomic E-state index is 13.8. The Balaban J connectivity index is 2.84. The maximum Gasteiger partial charge on any atom is 0.412 e. The lowest BCUT2D eigenvalue weighted by atomic mass is 10.1. The minimum absolute atomic E-state index is 0.244. The van der Waals surface area contributed by atoms with Gasteiger partial charge >= 0.3 is 6.09 Å². The zero-order valence-electron chi connectivity index (χ0n) is 11.9. The van der Waals surface area contributed by atoms with E-state index in [1.54, 1.807) is 39.0 Å². The Morgan fingerprint density at radius 1 is 1.50 bits per heavy atom. The Hall–Kier alpha value is -1.14. The molecule has 0 bridgehead atoms. The van der Waals surface area contributed by atoms with Crippen molar-refractivity contribution < 1.29 is 13.9 Å². The monoisotopic (exact) mass is 346 g/mol. The van der Waals surface area contributed by atoms with Gasteiger partial charge in [-0.25, -0.2) is 9.18 Å². The SMILES string of the molecule is CC(C)(C)OC(=O)Nc1cc(C(F)CCN)ccc1Br. The third-order valence-corrected chi connectivity index (χ3v) is 3.10. The highest BCUT2D eigenvalue weighted by molar-refractivity contribution is 9.10. The summed E-state index contributed by atoms with van der Waals surface area (Å²) in [6, 6.07) is 4.92. The van der Waals surface area contributed by atoms with Crippen molar-refractivity contribution in [2.45, 2.75) is 39.0 Å². The van der Waals surface area contributed by atoms with Crippen LogP contribution < -0.4 is 11.1 Å². The number of nitrogens with two attached hydrogens (primary N) is 1. The summed E-state index contributed by atoms with van der Waals surface area (Å²) in [4.78, 5) is 11.7. The average Bonchev–Trinajstić information content (AvgIpc) is 2.29. The molecule has 0 spiro atoms. The molecule has 6 heteroatoms. The van der Waals surface area contributed by atoms with E-state index in [0.29, 0.717) is 15.7 Å².